The maximum Gasteiger partial charge on any atom is 0.387 e. The Morgan fingerprint density at radius 2 is 2.12 bits per heavy atom. The number of carbonyl (C=O) groups excluding carboxylic acids is 1. The van der Waals surface area contributed by atoms with Gasteiger partial charge in [0, 0.05) is 24.3 Å². The lowest BCUT2D eigenvalue weighted by Crippen LogP contribution is -2.31. The van der Waals surface area contributed by atoms with Crippen molar-refractivity contribution in [2.24, 2.45) is 5.92 Å². The molecule has 0 bridgehead atoms. The summed E-state index contributed by atoms with van der Waals surface area (Å²) >= 11 is 0. The highest BCUT2D eigenvalue weighted by molar-refractivity contribution is 5.85. The predicted octanol–water partition coefficient (Wildman–Crippen LogP) is 2.81. The summed E-state index contributed by atoms with van der Waals surface area (Å²) in [5, 5.41) is 6.37. The van der Waals surface area contributed by atoms with Crippen molar-refractivity contribution in [2.45, 2.75) is 38.0 Å². The molecule has 6 nitrogen and oxygen atoms in total. The van der Waals surface area contributed by atoms with Gasteiger partial charge in [0.1, 0.15) is 6.04 Å². The molecule has 146 valence electrons. The van der Waals surface area contributed by atoms with E-state index in [1.807, 2.05) is 0 Å². The molecule has 1 heterocycles. The topological polar surface area (TPSA) is 68.8 Å². The number of esters is 1. The fourth-order valence-electron chi connectivity index (χ4n) is 2.80. The minimum absolute atomic E-state index is 0. The number of benzene rings is 1. The van der Waals surface area contributed by atoms with Crippen LogP contribution in [0.5, 0.6) is 11.5 Å². The Labute approximate surface area is 157 Å². The van der Waals surface area contributed by atoms with Crippen molar-refractivity contribution in [3.8, 4) is 11.5 Å². The second-order valence-corrected chi connectivity index (χ2v) is 6.36. The van der Waals surface area contributed by atoms with Gasteiger partial charge >= 0.3 is 12.6 Å². The molecule has 0 spiro atoms. The number of alkyl halides is 2. The second kappa shape index (κ2) is 9.23. The maximum atomic E-state index is 12.5. The molecule has 0 amide bonds. The van der Waals surface area contributed by atoms with E-state index < -0.39 is 6.61 Å². The lowest BCUT2D eigenvalue weighted by atomic mass is 10.1. The standard InChI is InChI=1S/C17H22F2N2O4.ClH/c1-23-16(22)13-6-12(8-20-13)21-11-4-5-14(25-17(18)19)15(7-11)24-9-10-2-3-10;/h4-5,7,10,12-13,17,20-21H,2-3,6,8-9H2,1H3;1H. The van der Waals surface area contributed by atoms with Crippen LogP contribution in [0.15, 0.2) is 18.2 Å². The first kappa shape index (κ1) is 20.5. The van der Waals surface area contributed by atoms with Gasteiger partial charge in [0.15, 0.2) is 11.5 Å². The van der Waals surface area contributed by atoms with Crippen LogP contribution in [0.2, 0.25) is 0 Å². The first-order valence-corrected chi connectivity index (χ1v) is 8.34. The van der Waals surface area contributed by atoms with E-state index in [1.54, 1.807) is 12.1 Å². The summed E-state index contributed by atoms with van der Waals surface area (Å²) in [7, 11) is 1.36. The summed E-state index contributed by atoms with van der Waals surface area (Å²) in [6.45, 7) is -1.80. The Morgan fingerprint density at radius 1 is 1.35 bits per heavy atom. The highest BCUT2D eigenvalue weighted by atomic mass is 35.5. The lowest BCUT2D eigenvalue weighted by Gasteiger charge is -2.17. The minimum atomic E-state index is -2.90. The third-order valence-corrected chi connectivity index (χ3v) is 4.32. The number of rotatable bonds is 8. The van der Waals surface area contributed by atoms with Crippen molar-refractivity contribution in [1.82, 2.24) is 5.32 Å². The average molecular weight is 393 g/mol. The summed E-state index contributed by atoms with van der Waals surface area (Å²) in [6, 6.07) is 4.48. The molecule has 1 aromatic rings. The zero-order valence-corrected chi connectivity index (χ0v) is 15.2. The van der Waals surface area contributed by atoms with Crippen LogP contribution < -0.4 is 20.1 Å². The minimum Gasteiger partial charge on any atom is -0.489 e. The number of carbonyl (C=O) groups is 1. The van der Waals surface area contributed by atoms with Crippen LogP contribution in [0.25, 0.3) is 0 Å². The van der Waals surface area contributed by atoms with E-state index in [2.05, 4.69) is 15.4 Å². The van der Waals surface area contributed by atoms with E-state index in [4.69, 9.17) is 9.47 Å². The molecule has 1 saturated heterocycles. The molecule has 0 radical (unpaired) electrons. The van der Waals surface area contributed by atoms with E-state index in [-0.39, 0.29) is 36.2 Å². The third kappa shape index (κ3) is 5.60. The summed E-state index contributed by atoms with van der Waals surface area (Å²) in [5.74, 6) is 0.528. The SMILES string of the molecule is COC(=O)C1CC(Nc2ccc(OC(F)F)c(OCC3CC3)c2)CN1.Cl. The second-order valence-electron chi connectivity index (χ2n) is 6.36. The van der Waals surface area contributed by atoms with Gasteiger partial charge in [0.05, 0.1) is 13.7 Å². The molecular formula is C17H23ClF2N2O4. The van der Waals surface area contributed by atoms with E-state index in [0.717, 1.165) is 18.5 Å². The lowest BCUT2D eigenvalue weighted by molar-refractivity contribution is -0.142. The predicted molar refractivity (Wildman–Crippen MR) is 94.4 cm³/mol. The Kier molecular flexibility index (Phi) is 7.28. The van der Waals surface area contributed by atoms with Crippen LogP contribution in [0.1, 0.15) is 19.3 Å². The van der Waals surface area contributed by atoms with Crippen LogP contribution in [0, 0.1) is 5.92 Å². The van der Waals surface area contributed by atoms with E-state index in [9.17, 15) is 13.6 Å². The number of halogens is 3. The van der Waals surface area contributed by atoms with Crippen LogP contribution in [-0.4, -0.2) is 44.9 Å². The molecule has 1 aliphatic carbocycles. The van der Waals surface area contributed by atoms with E-state index in [1.165, 1.54) is 13.2 Å². The van der Waals surface area contributed by atoms with Crippen molar-refractivity contribution in [3.63, 3.8) is 0 Å². The average Bonchev–Trinajstić information content (AvgIpc) is 3.31. The first-order valence-electron chi connectivity index (χ1n) is 8.34. The first-order chi connectivity index (χ1) is 12.0. The highest BCUT2D eigenvalue weighted by Crippen LogP contribution is 2.35. The van der Waals surface area contributed by atoms with Gasteiger partial charge in [0.25, 0.3) is 0 Å². The Morgan fingerprint density at radius 3 is 2.77 bits per heavy atom. The van der Waals surface area contributed by atoms with Crippen LogP contribution in [0.4, 0.5) is 14.5 Å². The fourth-order valence-corrected chi connectivity index (χ4v) is 2.80. The Hall–Kier alpha value is -1.80. The van der Waals surface area contributed by atoms with Crippen molar-refractivity contribution in [1.29, 1.82) is 0 Å². The number of methoxy groups -OCH3 is 1. The molecule has 0 aromatic heterocycles. The highest BCUT2D eigenvalue weighted by Gasteiger charge is 2.30. The Balaban J connectivity index is 0.00000243. The number of hydrogen-bond donors (Lipinski definition) is 2. The summed E-state index contributed by atoms with van der Waals surface area (Å²) in [4.78, 5) is 11.5. The summed E-state index contributed by atoms with van der Waals surface area (Å²) < 4.78 is 40.0. The van der Waals surface area contributed by atoms with Crippen LogP contribution in [-0.2, 0) is 9.53 Å². The maximum absolute atomic E-state index is 12.5. The van der Waals surface area contributed by atoms with Crippen molar-refractivity contribution in [2.75, 3.05) is 25.6 Å². The zero-order chi connectivity index (χ0) is 17.8. The molecule has 26 heavy (non-hydrogen) atoms. The number of ether oxygens (including phenoxy) is 3. The fraction of sp³-hybridized carbons (Fsp3) is 0.588. The number of hydrogen-bond acceptors (Lipinski definition) is 6. The summed E-state index contributed by atoms with van der Waals surface area (Å²) in [5.41, 5.74) is 0.727. The molecule has 2 fully saturated rings. The number of anilines is 1. The van der Waals surface area contributed by atoms with Crippen LogP contribution in [0.3, 0.4) is 0 Å². The smallest absolute Gasteiger partial charge is 0.387 e. The van der Waals surface area contributed by atoms with Gasteiger partial charge in [-0.1, -0.05) is 0 Å². The monoisotopic (exact) mass is 392 g/mol. The molecular weight excluding hydrogens is 370 g/mol. The Bertz CT molecular complexity index is 616. The molecule has 2 atom stereocenters. The normalized spacial score (nSPS) is 21.8. The largest absolute Gasteiger partial charge is 0.489 e. The third-order valence-electron chi connectivity index (χ3n) is 4.32. The molecule has 3 rings (SSSR count). The van der Waals surface area contributed by atoms with Crippen molar-refractivity contribution in [3.05, 3.63) is 18.2 Å². The van der Waals surface area contributed by atoms with Gasteiger partial charge in [-0.15, -0.1) is 12.4 Å². The van der Waals surface area contributed by atoms with E-state index in [0.29, 0.717) is 31.2 Å². The molecule has 1 aliphatic heterocycles. The molecule has 2 aliphatic rings. The molecule has 1 aromatic carbocycles. The van der Waals surface area contributed by atoms with Gasteiger partial charge in [0.2, 0.25) is 0 Å². The van der Waals surface area contributed by atoms with Gasteiger partial charge in [-0.3, -0.25) is 4.79 Å². The summed E-state index contributed by atoms with van der Waals surface area (Å²) in [6.07, 6.45) is 2.79. The molecule has 2 N–H and O–H groups in total. The van der Waals surface area contributed by atoms with Gasteiger partial charge < -0.3 is 24.8 Å². The molecule has 1 saturated carbocycles. The molecule has 9 heteroatoms. The van der Waals surface area contributed by atoms with Crippen molar-refractivity contribution < 1.29 is 27.8 Å². The van der Waals surface area contributed by atoms with E-state index >= 15 is 0 Å². The van der Waals surface area contributed by atoms with Crippen LogP contribution >= 0.6 is 12.4 Å². The van der Waals surface area contributed by atoms with Gasteiger partial charge in [-0.05, 0) is 37.3 Å². The molecule has 2 unspecified atom stereocenters. The zero-order valence-electron chi connectivity index (χ0n) is 14.4. The quantitative estimate of drug-likeness (QED) is 0.663. The number of nitrogens with one attached hydrogen (secondary N) is 2. The van der Waals surface area contributed by atoms with Gasteiger partial charge in [-0.25, -0.2) is 0 Å². The van der Waals surface area contributed by atoms with Gasteiger partial charge in [-0.2, -0.15) is 8.78 Å². The van der Waals surface area contributed by atoms with Crippen molar-refractivity contribution >= 4 is 24.1 Å².